The summed E-state index contributed by atoms with van der Waals surface area (Å²) in [6.45, 7) is 8.22. The first kappa shape index (κ1) is 32.2. The monoisotopic (exact) mass is 601 g/mol. The number of aliphatic hydroxyl groups excluding tert-OH is 1. The normalized spacial score (nSPS) is 18.2. The van der Waals surface area contributed by atoms with Crippen LogP contribution in [0, 0.1) is 56.1 Å². The quantitative estimate of drug-likeness (QED) is 0.273. The fourth-order valence-electron chi connectivity index (χ4n) is 6.18. The number of hydrogen-bond acceptors (Lipinski definition) is 6. The van der Waals surface area contributed by atoms with E-state index in [2.05, 4.69) is 22.2 Å². The second kappa shape index (κ2) is 13.7. The summed E-state index contributed by atoms with van der Waals surface area (Å²) in [5, 5.41) is 23.3. The molecule has 2 aliphatic heterocycles. The predicted molar refractivity (Wildman–Crippen MR) is 166 cm³/mol. The van der Waals surface area contributed by atoms with Crippen molar-refractivity contribution in [3.05, 3.63) is 81.6 Å². The van der Waals surface area contributed by atoms with E-state index in [-0.39, 0.29) is 30.7 Å². The highest BCUT2D eigenvalue weighted by atomic mass is 19.2. The Morgan fingerprint density at radius 1 is 1.14 bits per heavy atom. The number of nitriles is 1. The van der Waals surface area contributed by atoms with Gasteiger partial charge in [0.2, 0.25) is 5.91 Å². The van der Waals surface area contributed by atoms with Crippen molar-refractivity contribution in [2.24, 2.45) is 0 Å². The minimum atomic E-state index is -1.10. The molecular weight excluding hydrogens is 564 g/mol. The van der Waals surface area contributed by atoms with E-state index in [4.69, 9.17) is 6.42 Å². The number of nitrogens with zero attached hydrogens (tertiary/aromatic N) is 4. The number of hydrogen-bond donors (Lipinski definition) is 2. The molecule has 0 spiro atoms. The Morgan fingerprint density at radius 2 is 1.84 bits per heavy atom. The Hall–Kier alpha value is -4.67. The van der Waals surface area contributed by atoms with Gasteiger partial charge in [0, 0.05) is 54.8 Å². The van der Waals surface area contributed by atoms with Crippen LogP contribution in [0.4, 0.5) is 20.2 Å². The first-order valence-corrected chi connectivity index (χ1v) is 14.6. The number of aliphatic hydroxyl groups is 1. The zero-order valence-corrected chi connectivity index (χ0v) is 25.5. The van der Waals surface area contributed by atoms with Crippen LogP contribution in [0.25, 0.3) is 0 Å². The van der Waals surface area contributed by atoms with Crippen LogP contribution in [0.3, 0.4) is 0 Å². The SMILES string of the molecule is C#C/C=C(\C(C#N)=C/C)N1CCC(Nc2c(C)cc(C)c(C(=O)N3CC(=O)N(c4ccc(F)c(F)c4)[C@H](CO)C3)c2C)CC1. The molecule has 0 bridgehead atoms. The highest BCUT2D eigenvalue weighted by Gasteiger charge is 2.37. The molecule has 230 valence electrons. The third-order valence-electron chi connectivity index (χ3n) is 8.35. The van der Waals surface area contributed by atoms with Crippen molar-refractivity contribution in [2.75, 3.05) is 43.0 Å². The van der Waals surface area contributed by atoms with Gasteiger partial charge in [-0.05, 0) is 69.4 Å². The average molecular weight is 602 g/mol. The molecule has 2 amide bonds. The third-order valence-corrected chi connectivity index (χ3v) is 8.35. The van der Waals surface area contributed by atoms with Gasteiger partial charge >= 0.3 is 0 Å². The van der Waals surface area contributed by atoms with Gasteiger partial charge in [0.15, 0.2) is 11.6 Å². The molecule has 0 aliphatic carbocycles. The zero-order valence-electron chi connectivity index (χ0n) is 25.5. The van der Waals surface area contributed by atoms with Crippen molar-refractivity contribution in [1.29, 1.82) is 5.26 Å². The number of aryl methyl sites for hydroxylation is 2. The van der Waals surface area contributed by atoms with Gasteiger partial charge in [0.05, 0.1) is 23.9 Å². The molecule has 2 saturated heterocycles. The second-order valence-corrected chi connectivity index (χ2v) is 11.2. The van der Waals surface area contributed by atoms with Crippen molar-refractivity contribution in [2.45, 2.75) is 52.6 Å². The van der Waals surface area contributed by atoms with E-state index in [0.717, 1.165) is 53.0 Å². The number of halogens is 2. The summed E-state index contributed by atoms with van der Waals surface area (Å²) in [5.41, 5.74) is 5.25. The van der Waals surface area contributed by atoms with E-state index in [9.17, 15) is 28.7 Å². The van der Waals surface area contributed by atoms with Crippen molar-refractivity contribution < 1.29 is 23.5 Å². The van der Waals surface area contributed by atoms with Gasteiger partial charge in [-0.1, -0.05) is 18.1 Å². The Kier molecular flexibility index (Phi) is 10.1. The molecule has 8 nitrogen and oxygen atoms in total. The first-order chi connectivity index (χ1) is 21.0. The zero-order chi connectivity index (χ0) is 32.1. The number of amides is 2. The Balaban J connectivity index is 1.52. The lowest BCUT2D eigenvalue weighted by Crippen LogP contribution is -2.59. The van der Waals surface area contributed by atoms with Crippen molar-refractivity contribution in [3.63, 3.8) is 0 Å². The number of nitrogens with one attached hydrogen (secondary N) is 1. The number of likely N-dealkylation sites (tertiary alicyclic amines) is 1. The molecular formula is C34H37F2N5O3. The minimum absolute atomic E-state index is 0.0262. The largest absolute Gasteiger partial charge is 0.394 e. The molecule has 2 aromatic carbocycles. The fraction of sp³-hybridized carbons (Fsp3) is 0.382. The van der Waals surface area contributed by atoms with Crippen LogP contribution in [0.2, 0.25) is 0 Å². The fourth-order valence-corrected chi connectivity index (χ4v) is 6.18. The highest BCUT2D eigenvalue weighted by Crippen LogP contribution is 2.32. The molecule has 2 N–H and O–H groups in total. The molecule has 10 heteroatoms. The minimum Gasteiger partial charge on any atom is -0.394 e. The number of allylic oxidation sites excluding steroid dienone is 3. The Bertz CT molecular complexity index is 1600. The lowest BCUT2D eigenvalue weighted by molar-refractivity contribution is -0.122. The third kappa shape index (κ3) is 6.46. The number of rotatable bonds is 7. The van der Waals surface area contributed by atoms with Gasteiger partial charge in [0.25, 0.3) is 5.91 Å². The molecule has 0 radical (unpaired) electrons. The number of piperazine rings is 1. The van der Waals surface area contributed by atoms with Gasteiger partial charge < -0.3 is 25.1 Å². The molecule has 2 aromatic rings. The number of carbonyl (C=O) groups is 2. The number of piperidine rings is 1. The first-order valence-electron chi connectivity index (χ1n) is 14.6. The molecule has 0 aromatic heterocycles. The summed E-state index contributed by atoms with van der Waals surface area (Å²) >= 11 is 0. The molecule has 0 unspecified atom stereocenters. The number of carbonyl (C=O) groups excluding carboxylic acids is 2. The van der Waals surface area contributed by atoms with Gasteiger partial charge in [0.1, 0.15) is 12.6 Å². The smallest absolute Gasteiger partial charge is 0.255 e. The van der Waals surface area contributed by atoms with Crippen LogP contribution >= 0.6 is 0 Å². The number of anilines is 2. The molecule has 44 heavy (non-hydrogen) atoms. The average Bonchev–Trinajstić information content (AvgIpc) is 3.00. The molecule has 2 aliphatic rings. The summed E-state index contributed by atoms with van der Waals surface area (Å²) < 4.78 is 27.4. The van der Waals surface area contributed by atoms with Gasteiger partial charge in [-0.25, -0.2) is 8.78 Å². The topological polar surface area (TPSA) is 99.9 Å². The van der Waals surface area contributed by atoms with Crippen LogP contribution < -0.4 is 10.2 Å². The predicted octanol–water partition coefficient (Wildman–Crippen LogP) is 4.60. The van der Waals surface area contributed by atoms with E-state index in [1.165, 1.54) is 15.9 Å². The van der Waals surface area contributed by atoms with Crippen LogP contribution in [0.5, 0.6) is 0 Å². The molecule has 4 rings (SSSR count). The van der Waals surface area contributed by atoms with Crippen LogP contribution in [-0.2, 0) is 4.79 Å². The lowest BCUT2D eigenvalue weighted by Gasteiger charge is -2.40. The summed E-state index contributed by atoms with van der Waals surface area (Å²) in [6.07, 6.45) is 10.5. The van der Waals surface area contributed by atoms with Crippen LogP contribution in [0.1, 0.15) is 46.8 Å². The summed E-state index contributed by atoms with van der Waals surface area (Å²) in [4.78, 5) is 31.9. The van der Waals surface area contributed by atoms with Crippen LogP contribution in [-0.4, -0.2) is 71.6 Å². The van der Waals surface area contributed by atoms with E-state index >= 15 is 0 Å². The maximum absolute atomic E-state index is 13.9. The summed E-state index contributed by atoms with van der Waals surface area (Å²) in [5.74, 6) is -0.440. The maximum Gasteiger partial charge on any atom is 0.255 e. The molecule has 2 fully saturated rings. The summed E-state index contributed by atoms with van der Waals surface area (Å²) in [7, 11) is 0. The second-order valence-electron chi connectivity index (χ2n) is 11.2. The van der Waals surface area contributed by atoms with Gasteiger partial charge in [-0.15, -0.1) is 6.42 Å². The Labute approximate surface area is 257 Å². The van der Waals surface area contributed by atoms with Crippen molar-refractivity contribution in [1.82, 2.24) is 9.80 Å². The van der Waals surface area contributed by atoms with Crippen molar-refractivity contribution in [3.8, 4) is 18.4 Å². The van der Waals surface area contributed by atoms with Gasteiger partial charge in [-0.3, -0.25) is 9.59 Å². The maximum atomic E-state index is 13.9. The lowest BCUT2D eigenvalue weighted by atomic mass is 9.94. The van der Waals surface area contributed by atoms with Crippen LogP contribution in [0.15, 0.2) is 47.7 Å². The van der Waals surface area contributed by atoms with E-state index in [1.807, 2.05) is 33.8 Å². The van der Waals surface area contributed by atoms with E-state index in [0.29, 0.717) is 24.2 Å². The molecule has 1 atom stereocenters. The highest BCUT2D eigenvalue weighted by molar-refractivity contribution is 6.04. The van der Waals surface area contributed by atoms with E-state index < -0.39 is 30.2 Å². The van der Waals surface area contributed by atoms with E-state index in [1.54, 1.807) is 12.2 Å². The van der Waals surface area contributed by atoms with Gasteiger partial charge in [-0.2, -0.15) is 5.26 Å². The van der Waals surface area contributed by atoms with Crippen molar-refractivity contribution >= 4 is 23.2 Å². The molecule has 0 saturated carbocycles. The summed E-state index contributed by atoms with van der Waals surface area (Å²) in [6, 6.07) is 6.58. The Morgan fingerprint density at radius 3 is 2.43 bits per heavy atom. The number of terminal acetylenes is 1. The standard InChI is InChI=1S/C34H37F2N5O3/c1-6-8-30(24(7-2)17-37)39-13-11-25(12-14-39)38-33-22(4)15-21(3)32(23(33)5)34(44)40-18-27(20-42)41(31(43)19-40)26-9-10-28(35)29(36)16-26/h1,7-10,15-16,25,27,38,42H,11-14,18-20H2,2-5H3/b24-7-,30-8+/t27-/m0/s1. The number of benzene rings is 2. The molecule has 2 heterocycles.